The van der Waals surface area contributed by atoms with Crippen LogP contribution < -0.4 is 5.32 Å². The first-order chi connectivity index (χ1) is 8.84. The highest BCUT2D eigenvalue weighted by Crippen LogP contribution is 1.97. The van der Waals surface area contributed by atoms with Gasteiger partial charge in [0.2, 0.25) is 5.78 Å². The second-order valence-electron chi connectivity index (χ2n) is 3.79. The van der Waals surface area contributed by atoms with Crippen LogP contribution >= 0.6 is 0 Å². The SMILES string of the molecule is CC(=O)C(=O)O.CC(NCc1ccccc1)C(=O)O. The van der Waals surface area contributed by atoms with Gasteiger partial charge < -0.3 is 15.5 Å². The summed E-state index contributed by atoms with van der Waals surface area (Å²) in [6.07, 6.45) is 0. The largest absolute Gasteiger partial charge is 0.480 e. The fourth-order valence-electron chi connectivity index (χ4n) is 0.954. The predicted octanol–water partition coefficient (Wildman–Crippen LogP) is 0.909. The molecule has 1 aromatic rings. The number of ketones is 1. The fraction of sp³-hybridized carbons (Fsp3) is 0.308. The zero-order valence-corrected chi connectivity index (χ0v) is 10.8. The summed E-state index contributed by atoms with van der Waals surface area (Å²) < 4.78 is 0. The topological polar surface area (TPSA) is 104 Å². The highest BCUT2D eigenvalue weighted by molar-refractivity contribution is 6.31. The quantitative estimate of drug-likeness (QED) is 0.685. The first kappa shape index (κ1) is 16.8. The molecule has 0 radical (unpaired) electrons. The molecule has 0 amide bonds. The van der Waals surface area contributed by atoms with Crippen molar-refractivity contribution in [3.8, 4) is 0 Å². The van der Waals surface area contributed by atoms with E-state index in [4.69, 9.17) is 10.2 Å². The molecule has 0 aliphatic carbocycles. The number of carboxylic acid groups (broad SMARTS) is 2. The first-order valence-corrected chi connectivity index (χ1v) is 5.58. The smallest absolute Gasteiger partial charge is 0.371 e. The Morgan fingerprint density at radius 3 is 2.00 bits per heavy atom. The summed E-state index contributed by atoms with van der Waals surface area (Å²) in [5.41, 5.74) is 1.09. The van der Waals surface area contributed by atoms with Crippen molar-refractivity contribution in [2.75, 3.05) is 0 Å². The van der Waals surface area contributed by atoms with E-state index in [2.05, 4.69) is 5.32 Å². The van der Waals surface area contributed by atoms with Crippen molar-refractivity contribution in [3.63, 3.8) is 0 Å². The molecule has 0 heterocycles. The minimum atomic E-state index is -1.38. The molecule has 1 atom stereocenters. The summed E-state index contributed by atoms with van der Waals surface area (Å²) in [5, 5.41) is 19.1. The lowest BCUT2D eigenvalue weighted by atomic mass is 10.2. The van der Waals surface area contributed by atoms with Crippen LogP contribution in [0.4, 0.5) is 0 Å². The zero-order chi connectivity index (χ0) is 14.8. The number of carboxylic acids is 2. The average Bonchev–Trinajstić information content (AvgIpc) is 2.37. The van der Waals surface area contributed by atoms with Crippen LogP contribution in [0.3, 0.4) is 0 Å². The Bertz CT molecular complexity index is 418. The molecule has 6 heteroatoms. The fourth-order valence-corrected chi connectivity index (χ4v) is 0.954. The van der Waals surface area contributed by atoms with Gasteiger partial charge in [0, 0.05) is 13.5 Å². The van der Waals surface area contributed by atoms with Gasteiger partial charge >= 0.3 is 11.9 Å². The molecule has 0 fully saturated rings. The van der Waals surface area contributed by atoms with E-state index < -0.39 is 23.8 Å². The third kappa shape index (κ3) is 8.50. The Labute approximate surface area is 111 Å². The van der Waals surface area contributed by atoms with Gasteiger partial charge in [0.25, 0.3) is 0 Å². The molecule has 104 valence electrons. The Balaban J connectivity index is 0.000000459. The maximum Gasteiger partial charge on any atom is 0.371 e. The number of hydrogen-bond acceptors (Lipinski definition) is 4. The molecular formula is C13H17NO5. The Kier molecular flexibility index (Phi) is 7.79. The average molecular weight is 267 g/mol. The van der Waals surface area contributed by atoms with E-state index in [9.17, 15) is 14.4 Å². The zero-order valence-electron chi connectivity index (χ0n) is 10.8. The maximum absolute atomic E-state index is 10.5. The minimum absolute atomic E-state index is 0.500. The van der Waals surface area contributed by atoms with Gasteiger partial charge in [0.05, 0.1) is 0 Å². The first-order valence-electron chi connectivity index (χ1n) is 5.58. The summed E-state index contributed by atoms with van der Waals surface area (Å²) in [6, 6.07) is 9.22. The van der Waals surface area contributed by atoms with E-state index in [0.29, 0.717) is 6.54 Å². The van der Waals surface area contributed by atoms with Crippen LogP contribution in [0.2, 0.25) is 0 Å². The van der Waals surface area contributed by atoms with E-state index in [0.717, 1.165) is 12.5 Å². The van der Waals surface area contributed by atoms with Crippen molar-refractivity contribution in [3.05, 3.63) is 35.9 Å². The normalized spacial score (nSPS) is 10.8. The minimum Gasteiger partial charge on any atom is -0.480 e. The molecule has 0 saturated carbocycles. The molecule has 6 nitrogen and oxygen atoms in total. The molecule has 3 N–H and O–H groups in total. The molecule has 1 unspecified atom stereocenters. The van der Waals surface area contributed by atoms with Crippen LogP contribution in [0.15, 0.2) is 30.3 Å². The number of hydrogen-bond donors (Lipinski definition) is 3. The van der Waals surface area contributed by atoms with E-state index in [-0.39, 0.29) is 0 Å². The van der Waals surface area contributed by atoms with Gasteiger partial charge in [-0.25, -0.2) is 4.79 Å². The van der Waals surface area contributed by atoms with Gasteiger partial charge in [-0.3, -0.25) is 9.59 Å². The Morgan fingerprint density at radius 1 is 1.16 bits per heavy atom. The van der Waals surface area contributed by atoms with E-state index in [1.807, 2.05) is 30.3 Å². The van der Waals surface area contributed by atoms with Crippen LogP contribution in [0, 0.1) is 0 Å². The predicted molar refractivity (Wildman–Crippen MR) is 68.7 cm³/mol. The number of aliphatic carboxylic acids is 2. The lowest BCUT2D eigenvalue weighted by Gasteiger charge is -2.08. The summed E-state index contributed by atoms with van der Waals surface area (Å²) in [4.78, 5) is 29.4. The van der Waals surface area contributed by atoms with Crippen molar-refractivity contribution in [2.24, 2.45) is 0 Å². The van der Waals surface area contributed by atoms with Crippen LogP contribution in [0.5, 0.6) is 0 Å². The van der Waals surface area contributed by atoms with Gasteiger partial charge in [-0.05, 0) is 12.5 Å². The molecule has 0 aliphatic heterocycles. The summed E-state index contributed by atoms with van der Waals surface area (Å²) in [6.45, 7) is 3.22. The van der Waals surface area contributed by atoms with Crippen molar-refractivity contribution < 1.29 is 24.6 Å². The van der Waals surface area contributed by atoms with E-state index >= 15 is 0 Å². The van der Waals surface area contributed by atoms with Gasteiger partial charge in [0.15, 0.2) is 0 Å². The van der Waals surface area contributed by atoms with Gasteiger partial charge in [0.1, 0.15) is 6.04 Å². The van der Waals surface area contributed by atoms with Crippen molar-refractivity contribution in [2.45, 2.75) is 26.4 Å². The number of Topliss-reactive ketones (excluding diaryl/α,β-unsaturated/α-hetero) is 1. The molecule has 0 aliphatic rings. The number of carbonyl (C=O) groups is 3. The number of carbonyl (C=O) groups excluding carboxylic acids is 1. The molecule has 0 saturated heterocycles. The van der Waals surface area contributed by atoms with Crippen LogP contribution in [0.1, 0.15) is 19.4 Å². The third-order valence-electron chi connectivity index (χ3n) is 2.13. The molecule has 0 aromatic heterocycles. The van der Waals surface area contributed by atoms with Crippen molar-refractivity contribution in [1.82, 2.24) is 5.32 Å². The molecule has 19 heavy (non-hydrogen) atoms. The standard InChI is InChI=1S/C10H13NO2.C3H4O3/c1-8(10(12)13)11-7-9-5-3-2-4-6-9;1-2(4)3(5)6/h2-6,8,11H,7H2,1H3,(H,12,13);1H3,(H,5,6). The van der Waals surface area contributed by atoms with Crippen LogP contribution in [0.25, 0.3) is 0 Å². The highest BCUT2D eigenvalue weighted by Gasteiger charge is 2.08. The third-order valence-corrected chi connectivity index (χ3v) is 2.13. The number of nitrogens with one attached hydrogen (secondary N) is 1. The Hall–Kier alpha value is -2.21. The molecule has 1 rings (SSSR count). The van der Waals surface area contributed by atoms with Crippen molar-refractivity contribution >= 4 is 17.7 Å². The van der Waals surface area contributed by atoms with E-state index in [1.165, 1.54) is 0 Å². The lowest BCUT2D eigenvalue weighted by Crippen LogP contribution is -2.33. The van der Waals surface area contributed by atoms with Gasteiger partial charge in [-0.1, -0.05) is 30.3 Å². The summed E-state index contributed by atoms with van der Waals surface area (Å²) in [5.74, 6) is -3.03. The van der Waals surface area contributed by atoms with Gasteiger partial charge in [-0.2, -0.15) is 0 Å². The Morgan fingerprint density at radius 2 is 1.63 bits per heavy atom. The van der Waals surface area contributed by atoms with Gasteiger partial charge in [-0.15, -0.1) is 0 Å². The highest BCUT2D eigenvalue weighted by atomic mass is 16.4. The van der Waals surface area contributed by atoms with Crippen molar-refractivity contribution in [1.29, 1.82) is 0 Å². The van der Waals surface area contributed by atoms with Crippen LogP contribution in [-0.2, 0) is 20.9 Å². The van der Waals surface area contributed by atoms with E-state index in [1.54, 1.807) is 6.92 Å². The maximum atomic E-state index is 10.5. The molecule has 0 bridgehead atoms. The lowest BCUT2D eigenvalue weighted by molar-refractivity contribution is -0.148. The summed E-state index contributed by atoms with van der Waals surface area (Å²) >= 11 is 0. The molecule has 0 spiro atoms. The summed E-state index contributed by atoms with van der Waals surface area (Å²) in [7, 11) is 0. The number of rotatable bonds is 5. The molecule has 1 aromatic carbocycles. The molecular weight excluding hydrogens is 250 g/mol. The van der Waals surface area contributed by atoms with Crippen LogP contribution in [-0.4, -0.2) is 34.0 Å². The second kappa shape index (κ2) is 8.82. The number of benzene rings is 1. The monoisotopic (exact) mass is 267 g/mol. The second-order valence-corrected chi connectivity index (χ2v) is 3.79.